The number of rotatable bonds is 7. The molecule has 0 bridgehead atoms. The summed E-state index contributed by atoms with van der Waals surface area (Å²) in [6, 6.07) is 14.9. The van der Waals surface area contributed by atoms with E-state index in [9.17, 15) is 22.8 Å². The van der Waals surface area contributed by atoms with Crippen LogP contribution in [-0.2, 0) is 17.9 Å². The van der Waals surface area contributed by atoms with Gasteiger partial charge in [-0.25, -0.2) is 4.79 Å². The minimum Gasteiger partial charge on any atom is -0.406 e. The van der Waals surface area contributed by atoms with E-state index in [0.717, 1.165) is 11.3 Å². The van der Waals surface area contributed by atoms with Crippen LogP contribution in [0.25, 0.3) is 0 Å². The Balaban J connectivity index is 1.46. The van der Waals surface area contributed by atoms with Crippen LogP contribution in [0, 0.1) is 0 Å². The molecule has 7 nitrogen and oxygen atoms in total. The first-order valence-electron chi connectivity index (χ1n) is 10.5. The third kappa shape index (κ3) is 5.24. The number of halogens is 3. The number of allylic oxidation sites excluding steroid dienone is 1. The molecule has 0 saturated carbocycles. The molecule has 11 heteroatoms. The van der Waals surface area contributed by atoms with Crippen molar-refractivity contribution < 1.29 is 27.5 Å². The van der Waals surface area contributed by atoms with Crippen LogP contribution in [0.2, 0.25) is 0 Å². The third-order valence-electron chi connectivity index (χ3n) is 5.59. The monoisotopic (exact) mass is 492 g/mol. The highest BCUT2D eigenvalue weighted by Gasteiger charge is 2.42. The van der Waals surface area contributed by atoms with Gasteiger partial charge >= 0.3 is 12.4 Å². The number of primary amides is 1. The largest absolute Gasteiger partial charge is 0.573 e. The summed E-state index contributed by atoms with van der Waals surface area (Å²) in [7, 11) is 0. The smallest absolute Gasteiger partial charge is 0.406 e. The van der Waals surface area contributed by atoms with Gasteiger partial charge in [0.2, 0.25) is 0 Å². The second-order valence-electron chi connectivity index (χ2n) is 7.93. The standard InChI is InChI=1S/C23H23F3N4O3S/c1-15-19(20(27)31)34-22(30(15)14-16-5-3-2-4-6-16)29-12-11-28(21(29)32)13-17-7-9-18(10-8-17)33-23(24,25)26/h2-10,22H,11-14H2,1H3,(H2,27,31). The second kappa shape index (κ2) is 9.49. The Morgan fingerprint density at radius 1 is 1.06 bits per heavy atom. The average Bonchev–Trinajstić information content (AvgIpc) is 3.29. The lowest BCUT2D eigenvalue weighted by Crippen LogP contribution is -2.45. The van der Waals surface area contributed by atoms with Crippen molar-refractivity contribution in [1.82, 2.24) is 14.7 Å². The van der Waals surface area contributed by atoms with E-state index in [1.165, 1.54) is 36.0 Å². The fraction of sp³-hybridized carbons (Fsp3) is 0.304. The molecule has 0 radical (unpaired) electrons. The lowest BCUT2D eigenvalue weighted by molar-refractivity contribution is -0.274. The second-order valence-corrected chi connectivity index (χ2v) is 8.99. The first-order chi connectivity index (χ1) is 16.1. The molecule has 1 fully saturated rings. The summed E-state index contributed by atoms with van der Waals surface area (Å²) in [6.45, 7) is 3.45. The normalized spacial score (nSPS) is 18.8. The number of nitrogens with two attached hydrogens (primary N) is 1. The highest BCUT2D eigenvalue weighted by Crippen LogP contribution is 2.41. The van der Waals surface area contributed by atoms with Gasteiger partial charge in [-0.05, 0) is 30.2 Å². The highest BCUT2D eigenvalue weighted by atomic mass is 32.2. The number of amides is 3. The van der Waals surface area contributed by atoms with Crippen LogP contribution < -0.4 is 10.5 Å². The quantitative estimate of drug-likeness (QED) is 0.631. The Morgan fingerprint density at radius 3 is 2.32 bits per heavy atom. The number of hydrogen-bond donors (Lipinski definition) is 1. The van der Waals surface area contributed by atoms with E-state index in [-0.39, 0.29) is 18.3 Å². The van der Waals surface area contributed by atoms with Crippen molar-refractivity contribution in [3.05, 3.63) is 76.3 Å². The molecule has 180 valence electrons. The number of hydrogen-bond acceptors (Lipinski definition) is 5. The van der Waals surface area contributed by atoms with Gasteiger partial charge < -0.3 is 20.3 Å². The SMILES string of the molecule is CC1=C(C(N)=O)SC(N2CCN(Cc3ccc(OC(F)(F)F)cc3)C2=O)N1Cc1ccccc1. The van der Waals surface area contributed by atoms with Gasteiger partial charge in [-0.3, -0.25) is 9.69 Å². The van der Waals surface area contributed by atoms with Gasteiger partial charge in [0, 0.05) is 31.9 Å². The molecule has 0 aromatic heterocycles. The van der Waals surface area contributed by atoms with E-state index in [1.54, 1.807) is 9.80 Å². The number of alkyl halides is 3. The van der Waals surface area contributed by atoms with Crippen molar-refractivity contribution in [2.45, 2.75) is 31.9 Å². The van der Waals surface area contributed by atoms with Crippen molar-refractivity contribution >= 4 is 23.7 Å². The summed E-state index contributed by atoms with van der Waals surface area (Å²) < 4.78 is 41.0. The molecule has 0 aliphatic carbocycles. The summed E-state index contributed by atoms with van der Waals surface area (Å²) >= 11 is 1.26. The molecule has 1 saturated heterocycles. The van der Waals surface area contributed by atoms with E-state index in [1.807, 2.05) is 42.2 Å². The van der Waals surface area contributed by atoms with Crippen LogP contribution in [0.1, 0.15) is 18.1 Å². The Bertz CT molecular complexity index is 1090. The molecule has 2 aliphatic heterocycles. The molecular weight excluding hydrogens is 469 g/mol. The molecule has 2 N–H and O–H groups in total. The van der Waals surface area contributed by atoms with Gasteiger partial charge in [-0.1, -0.05) is 54.2 Å². The Morgan fingerprint density at radius 2 is 1.71 bits per heavy atom. The lowest BCUT2D eigenvalue weighted by Gasteiger charge is -2.34. The summed E-state index contributed by atoms with van der Waals surface area (Å²) in [5.74, 6) is -0.849. The highest BCUT2D eigenvalue weighted by molar-refractivity contribution is 8.04. The lowest BCUT2D eigenvalue weighted by atomic mass is 10.2. The zero-order valence-corrected chi connectivity index (χ0v) is 19.1. The molecule has 2 aliphatic rings. The summed E-state index contributed by atoms with van der Waals surface area (Å²) in [6.07, 6.45) is -4.76. The maximum Gasteiger partial charge on any atom is 0.573 e. The number of ether oxygens (including phenoxy) is 1. The number of carbonyl (C=O) groups excluding carboxylic acids is 2. The zero-order chi connectivity index (χ0) is 24.5. The van der Waals surface area contributed by atoms with Crippen molar-refractivity contribution in [3.63, 3.8) is 0 Å². The maximum absolute atomic E-state index is 13.2. The van der Waals surface area contributed by atoms with Gasteiger partial charge in [0.25, 0.3) is 5.91 Å². The van der Waals surface area contributed by atoms with Crippen LogP contribution >= 0.6 is 11.8 Å². The van der Waals surface area contributed by atoms with Gasteiger partial charge in [0.15, 0.2) is 5.50 Å². The Labute approximate surface area is 198 Å². The van der Waals surface area contributed by atoms with E-state index in [0.29, 0.717) is 30.1 Å². The molecule has 2 aromatic rings. The average molecular weight is 493 g/mol. The van der Waals surface area contributed by atoms with Crippen LogP contribution in [0.3, 0.4) is 0 Å². The van der Waals surface area contributed by atoms with Gasteiger partial charge in [0.1, 0.15) is 5.75 Å². The summed E-state index contributed by atoms with van der Waals surface area (Å²) in [4.78, 5) is 31.0. The predicted octanol–water partition coefficient (Wildman–Crippen LogP) is 4.07. The number of urea groups is 1. The fourth-order valence-corrected chi connectivity index (χ4v) is 5.26. The summed E-state index contributed by atoms with van der Waals surface area (Å²) in [5, 5.41) is 0. The molecule has 2 aromatic carbocycles. The first-order valence-corrected chi connectivity index (χ1v) is 11.4. The first kappa shape index (κ1) is 23.8. The van der Waals surface area contributed by atoms with Crippen LogP contribution in [-0.4, -0.2) is 51.6 Å². The number of thioether (sulfide) groups is 1. The predicted molar refractivity (Wildman–Crippen MR) is 121 cm³/mol. The Hall–Kier alpha value is -3.34. The van der Waals surface area contributed by atoms with Crippen molar-refractivity contribution in [2.24, 2.45) is 5.73 Å². The molecular formula is C23H23F3N4O3S. The minimum absolute atomic E-state index is 0.218. The molecule has 0 spiro atoms. The molecule has 2 heterocycles. The van der Waals surface area contributed by atoms with E-state index in [2.05, 4.69) is 4.74 Å². The van der Waals surface area contributed by atoms with Gasteiger partial charge in [0.05, 0.1) is 4.91 Å². The van der Waals surface area contributed by atoms with E-state index >= 15 is 0 Å². The van der Waals surface area contributed by atoms with Crippen LogP contribution in [0.15, 0.2) is 65.2 Å². The van der Waals surface area contributed by atoms with Gasteiger partial charge in [-0.15, -0.1) is 13.2 Å². The number of carbonyl (C=O) groups is 2. The fourth-order valence-electron chi connectivity index (χ4n) is 3.97. The summed E-state index contributed by atoms with van der Waals surface area (Å²) in [5.41, 5.74) is 7.58. The third-order valence-corrected chi connectivity index (χ3v) is 7.04. The minimum atomic E-state index is -4.76. The van der Waals surface area contributed by atoms with Crippen molar-refractivity contribution in [1.29, 1.82) is 0 Å². The topological polar surface area (TPSA) is 79.1 Å². The molecule has 4 rings (SSSR count). The molecule has 1 unspecified atom stereocenters. The molecule has 1 atom stereocenters. The van der Waals surface area contributed by atoms with Crippen LogP contribution in [0.4, 0.5) is 18.0 Å². The van der Waals surface area contributed by atoms with E-state index < -0.39 is 17.8 Å². The number of benzene rings is 2. The van der Waals surface area contributed by atoms with Gasteiger partial charge in [-0.2, -0.15) is 0 Å². The molecule has 3 amide bonds. The number of nitrogens with zero attached hydrogens (tertiary/aromatic N) is 3. The molecule has 34 heavy (non-hydrogen) atoms. The van der Waals surface area contributed by atoms with Crippen molar-refractivity contribution in [2.75, 3.05) is 13.1 Å². The maximum atomic E-state index is 13.2. The Kier molecular flexibility index (Phi) is 6.65. The van der Waals surface area contributed by atoms with Crippen LogP contribution in [0.5, 0.6) is 5.75 Å². The van der Waals surface area contributed by atoms with Crippen molar-refractivity contribution in [3.8, 4) is 5.75 Å². The van der Waals surface area contributed by atoms with E-state index in [4.69, 9.17) is 5.73 Å². The zero-order valence-electron chi connectivity index (χ0n) is 18.3.